The van der Waals surface area contributed by atoms with Crippen LogP contribution in [0.15, 0.2) is 55.0 Å². The monoisotopic (exact) mass is 330 g/mol. The summed E-state index contributed by atoms with van der Waals surface area (Å²) in [7, 11) is 0. The molecule has 5 nitrogen and oxygen atoms in total. The molecule has 0 fully saturated rings. The van der Waals surface area contributed by atoms with Crippen molar-refractivity contribution in [2.45, 2.75) is 6.54 Å². The maximum absolute atomic E-state index is 13.7. The third-order valence-electron chi connectivity index (χ3n) is 3.18. The van der Waals surface area contributed by atoms with Crippen LogP contribution in [0.5, 0.6) is 0 Å². The lowest BCUT2D eigenvalue weighted by Crippen LogP contribution is -2.24. The molecule has 116 valence electrons. The van der Waals surface area contributed by atoms with Crippen molar-refractivity contribution in [3.8, 4) is 5.82 Å². The molecule has 0 aliphatic carbocycles. The first-order valence-corrected chi connectivity index (χ1v) is 7.19. The van der Waals surface area contributed by atoms with Gasteiger partial charge in [-0.3, -0.25) is 4.79 Å². The first-order chi connectivity index (χ1) is 11.1. The van der Waals surface area contributed by atoms with Gasteiger partial charge in [-0.05, 0) is 42.0 Å². The summed E-state index contributed by atoms with van der Waals surface area (Å²) in [5.41, 5.74) is 0.781. The molecule has 0 atom stereocenters. The van der Waals surface area contributed by atoms with E-state index in [4.69, 9.17) is 11.6 Å². The predicted molar refractivity (Wildman–Crippen MR) is 83.9 cm³/mol. The maximum atomic E-state index is 13.7. The quantitative estimate of drug-likeness (QED) is 0.800. The molecule has 7 heteroatoms. The van der Waals surface area contributed by atoms with E-state index in [1.807, 2.05) is 0 Å². The van der Waals surface area contributed by atoms with E-state index in [1.165, 1.54) is 12.1 Å². The first kappa shape index (κ1) is 15.2. The molecule has 0 radical (unpaired) electrons. The smallest absolute Gasteiger partial charge is 0.254 e. The van der Waals surface area contributed by atoms with E-state index < -0.39 is 11.7 Å². The van der Waals surface area contributed by atoms with Gasteiger partial charge < -0.3 is 5.32 Å². The Bertz CT molecular complexity index is 836. The van der Waals surface area contributed by atoms with Crippen LogP contribution >= 0.6 is 11.6 Å². The fourth-order valence-corrected chi connectivity index (χ4v) is 2.21. The van der Waals surface area contributed by atoms with E-state index in [2.05, 4.69) is 15.4 Å². The number of carbonyl (C=O) groups is 1. The average molecular weight is 331 g/mol. The number of benzene rings is 1. The second-order valence-corrected chi connectivity index (χ2v) is 5.22. The second kappa shape index (κ2) is 6.58. The number of hydrogen-bond donors (Lipinski definition) is 1. The predicted octanol–water partition coefficient (Wildman–Crippen LogP) is 2.99. The van der Waals surface area contributed by atoms with Crippen molar-refractivity contribution in [3.05, 3.63) is 77.0 Å². The third-order valence-corrected chi connectivity index (χ3v) is 3.41. The summed E-state index contributed by atoms with van der Waals surface area (Å²) >= 11 is 5.67. The van der Waals surface area contributed by atoms with Crippen molar-refractivity contribution in [2.75, 3.05) is 0 Å². The highest BCUT2D eigenvalue weighted by atomic mass is 35.5. The number of nitrogens with zero attached hydrogens (tertiary/aromatic N) is 3. The Labute approximate surface area is 136 Å². The van der Waals surface area contributed by atoms with Crippen molar-refractivity contribution in [1.29, 1.82) is 0 Å². The molecule has 0 saturated carbocycles. The third kappa shape index (κ3) is 3.54. The van der Waals surface area contributed by atoms with Crippen molar-refractivity contribution in [1.82, 2.24) is 20.1 Å². The second-order valence-electron chi connectivity index (χ2n) is 4.78. The topological polar surface area (TPSA) is 59.8 Å². The van der Waals surface area contributed by atoms with Gasteiger partial charge >= 0.3 is 0 Å². The first-order valence-electron chi connectivity index (χ1n) is 6.82. The van der Waals surface area contributed by atoms with Gasteiger partial charge in [0.15, 0.2) is 5.82 Å². The van der Waals surface area contributed by atoms with Gasteiger partial charge in [0.25, 0.3) is 5.91 Å². The SMILES string of the molecule is O=C(NCc1ccnc(-n2cccn2)c1)c1ccc(Cl)cc1F. The van der Waals surface area contributed by atoms with Crippen LogP contribution in [0.25, 0.3) is 5.82 Å². The summed E-state index contributed by atoms with van der Waals surface area (Å²) in [6.45, 7) is 0.248. The summed E-state index contributed by atoms with van der Waals surface area (Å²) in [6, 6.07) is 9.30. The minimum absolute atomic E-state index is 0.0456. The van der Waals surface area contributed by atoms with E-state index in [-0.39, 0.29) is 17.1 Å². The number of pyridine rings is 1. The van der Waals surface area contributed by atoms with Gasteiger partial charge in [-0.1, -0.05) is 11.6 Å². The van der Waals surface area contributed by atoms with Crippen LogP contribution < -0.4 is 5.32 Å². The Morgan fingerprint density at radius 2 is 2.13 bits per heavy atom. The Hall–Kier alpha value is -2.73. The summed E-state index contributed by atoms with van der Waals surface area (Å²) < 4.78 is 15.3. The molecule has 3 aromatic rings. The number of rotatable bonds is 4. The van der Waals surface area contributed by atoms with Gasteiger partial charge in [0.05, 0.1) is 5.56 Å². The molecule has 0 spiro atoms. The number of halogens is 2. The van der Waals surface area contributed by atoms with Gasteiger partial charge in [0.1, 0.15) is 5.82 Å². The minimum Gasteiger partial charge on any atom is -0.348 e. The van der Waals surface area contributed by atoms with Crippen LogP contribution in [0.2, 0.25) is 5.02 Å². The number of hydrogen-bond acceptors (Lipinski definition) is 3. The molecule has 0 saturated heterocycles. The zero-order chi connectivity index (χ0) is 16.2. The largest absolute Gasteiger partial charge is 0.348 e. The fraction of sp³-hybridized carbons (Fsp3) is 0.0625. The number of nitrogens with one attached hydrogen (secondary N) is 1. The molecule has 0 unspecified atom stereocenters. The fourth-order valence-electron chi connectivity index (χ4n) is 2.05. The van der Waals surface area contributed by atoms with Crippen LogP contribution in [0.3, 0.4) is 0 Å². The molecule has 1 amide bonds. The number of aromatic nitrogens is 3. The Kier molecular flexibility index (Phi) is 4.34. The van der Waals surface area contributed by atoms with E-state index in [0.29, 0.717) is 5.82 Å². The Morgan fingerprint density at radius 1 is 1.26 bits per heavy atom. The van der Waals surface area contributed by atoms with Crippen LogP contribution in [-0.2, 0) is 6.54 Å². The minimum atomic E-state index is -0.651. The molecule has 3 rings (SSSR count). The normalized spacial score (nSPS) is 10.5. The highest BCUT2D eigenvalue weighted by Gasteiger charge is 2.11. The van der Waals surface area contributed by atoms with Crippen molar-refractivity contribution < 1.29 is 9.18 Å². The summed E-state index contributed by atoms with van der Waals surface area (Å²) in [4.78, 5) is 16.2. The van der Waals surface area contributed by atoms with E-state index in [9.17, 15) is 9.18 Å². The summed E-state index contributed by atoms with van der Waals surface area (Å²) in [5.74, 6) is -0.516. The molecule has 0 aliphatic heterocycles. The van der Waals surface area contributed by atoms with Crippen LogP contribution in [0.4, 0.5) is 4.39 Å². The lowest BCUT2D eigenvalue weighted by Gasteiger charge is -2.08. The molecule has 23 heavy (non-hydrogen) atoms. The maximum Gasteiger partial charge on any atom is 0.254 e. The zero-order valence-electron chi connectivity index (χ0n) is 11.9. The lowest BCUT2D eigenvalue weighted by atomic mass is 10.2. The summed E-state index contributed by atoms with van der Waals surface area (Å²) in [5, 5.41) is 7.01. The molecular weight excluding hydrogens is 319 g/mol. The van der Waals surface area contributed by atoms with E-state index in [1.54, 1.807) is 41.5 Å². The average Bonchev–Trinajstić information content (AvgIpc) is 3.07. The standard InChI is InChI=1S/C16H12ClFN4O/c17-12-2-3-13(14(18)9-12)16(23)20-10-11-4-6-19-15(8-11)22-7-1-5-21-22/h1-9H,10H2,(H,20,23). The summed E-state index contributed by atoms with van der Waals surface area (Å²) in [6.07, 6.45) is 5.05. The number of carbonyl (C=O) groups excluding carboxylic acids is 1. The molecule has 2 aromatic heterocycles. The van der Waals surface area contributed by atoms with Gasteiger partial charge in [0.2, 0.25) is 0 Å². The zero-order valence-corrected chi connectivity index (χ0v) is 12.7. The Morgan fingerprint density at radius 3 is 2.87 bits per heavy atom. The van der Waals surface area contributed by atoms with Gasteiger partial charge in [-0.25, -0.2) is 14.1 Å². The number of amides is 1. The van der Waals surface area contributed by atoms with Crippen LogP contribution in [-0.4, -0.2) is 20.7 Å². The van der Waals surface area contributed by atoms with E-state index >= 15 is 0 Å². The van der Waals surface area contributed by atoms with Gasteiger partial charge in [0, 0.05) is 30.2 Å². The molecule has 0 aliphatic rings. The molecule has 2 heterocycles. The molecule has 1 aromatic carbocycles. The lowest BCUT2D eigenvalue weighted by molar-refractivity contribution is 0.0947. The highest BCUT2D eigenvalue weighted by Crippen LogP contribution is 2.14. The molecular formula is C16H12ClFN4O. The van der Waals surface area contributed by atoms with Gasteiger partial charge in [-0.2, -0.15) is 5.10 Å². The Balaban J connectivity index is 1.71. The van der Waals surface area contributed by atoms with Crippen molar-refractivity contribution in [2.24, 2.45) is 0 Å². The van der Waals surface area contributed by atoms with Crippen molar-refractivity contribution in [3.63, 3.8) is 0 Å². The molecule has 0 bridgehead atoms. The molecule has 1 N–H and O–H groups in total. The van der Waals surface area contributed by atoms with Crippen LogP contribution in [0, 0.1) is 5.82 Å². The highest BCUT2D eigenvalue weighted by molar-refractivity contribution is 6.30. The van der Waals surface area contributed by atoms with Crippen molar-refractivity contribution >= 4 is 17.5 Å². The van der Waals surface area contributed by atoms with E-state index in [0.717, 1.165) is 11.6 Å². The van der Waals surface area contributed by atoms with Crippen LogP contribution in [0.1, 0.15) is 15.9 Å². The van der Waals surface area contributed by atoms with Gasteiger partial charge in [-0.15, -0.1) is 0 Å².